The fourth-order valence-electron chi connectivity index (χ4n) is 2.08. The minimum atomic E-state index is -0.146. The van der Waals surface area contributed by atoms with Crippen LogP contribution in [0.1, 0.15) is 47.0 Å². The van der Waals surface area contributed by atoms with Crippen molar-refractivity contribution in [3.05, 3.63) is 0 Å². The zero-order valence-corrected chi connectivity index (χ0v) is 9.09. The van der Waals surface area contributed by atoms with Crippen molar-refractivity contribution in [2.45, 2.75) is 53.1 Å². The Balaban J connectivity index is 2.66. The van der Waals surface area contributed by atoms with Crippen LogP contribution in [0.4, 0.5) is 0 Å². The van der Waals surface area contributed by atoms with Crippen LogP contribution in [0.2, 0.25) is 0 Å². The molecule has 1 aliphatic rings. The Bertz CT molecular complexity index is 196. The molecule has 0 radical (unpaired) electrons. The summed E-state index contributed by atoms with van der Waals surface area (Å²) < 4.78 is 5.34. The molecule has 2 nitrogen and oxygen atoms in total. The van der Waals surface area contributed by atoms with E-state index >= 15 is 0 Å². The van der Waals surface area contributed by atoms with Crippen molar-refractivity contribution >= 4 is 5.97 Å². The van der Waals surface area contributed by atoms with Crippen LogP contribution in [-0.4, -0.2) is 12.1 Å². The maximum atomic E-state index is 10.9. The topological polar surface area (TPSA) is 26.3 Å². The van der Waals surface area contributed by atoms with Crippen LogP contribution >= 0.6 is 0 Å². The molecule has 2 heteroatoms. The Morgan fingerprint density at radius 1 is 1.38 bits per heavy atom. The van der Waals surface area contributed by atoms with Gasteiger partial charge >= 0.3 is 5.97 Å². The second-order valence-corrected chi connectivity index (χ2v) is 4.75. The van der Waals surface area contributed by atoms with Gasteiger partial charge in [-0.05, 0) is 25.2 Å². The number of ether oxygens (including phenoxy) is 1. The molecule has 0 heterocycles. The second kappa shape index (κ2) is 3.69. The second-order valence-electron chi connectivity index (χ2n) is 4.75. The standard InChI is InChI=1S/C11H20O2/c1-8-6-5-7-10(11(8,3)4)13-9(2)12/h8,10H,5-7H2,1-4H3. The van der Waals surface area contributed by atoms with Gasteiger partial charge in [0, 0.05) is 12.3 Å². The highest BCUT2D eigenvalue weighted by Gasteiger charge is 2.39. The summed E-state index contributed by atoms with van der Waals surface area (Å²) >= 11 is 0. The van der Waals surface area contributed by atoms with Crippen LogP contribution in [0.25, 0.3) is 0 Å². The maximum absolute atomic E-state index is 10.9. The fourth-order valence-corrected chi connectivity index (χ4v) is 2.08. The van der Waals surface area contributed by atoms with Crippen molar-refractivity contribution in [1.29, 1.82) is 0 Å². The van der Waals surface area contributed by atoms with E-state index in [1.54, 1.807) is 0 Å². The molecule has 0 aliphatic heterocycles. The Labute approximate surface area is 80.7 Å². The quantitative estimate of drug-likeness (QED) is 0.586. The largest absolute Gasteiger partial charge is 0.462 e. The molecular formula is C11H20O2. The van der Waals surface area contributed by atoms with Crippen molar-refractivity contribution in [3.8, 4) is 0 Å². The molecule has 0 aromatic carbocycles. The van der Waals surface area contributed by atoms with Gasteiger partial charge in [-0.25, -0.2) is 0 Å². The Kier molecular flexibility index (Phi) is 2.99. The smallest absolute Gasteiger partial charge is 0.302 e. The first kappa shape index (κ1) is 10.6. The van der Waals surface area contributed by atoms with Crippen LogP contribution in [0.5, 0.6) is 0 Å². The molecule has 0 amide bonds. The van der Waals surface area contributed by atoms with E-state index in [1.807, 2.05) is 0 Å². The number of esters is 1. The zero-order valence-electron chi connectivity index (χ0n) is 9.09. The van der Waals surface area contributed by atoms with Crippen LogP contribution < -0.4 is 0 Å². The molecule has 0 N–H and O–H groups in total. The molecule has 1 rings (SSSR count). The van der Waals surface area contributed by atoms with Gasteiger partial charge in [-0.1, -0.05) is 20.8 Å². The Morgan fingerprint density at radius 2 is 2.00 bits per heavy atom. The van der Waals surface area contributed by atoms with Gasteiger partial charge in [0.25, 0.3) is 0 Å². The van der Waals surface area contributed by atoms with Gasteiger partial charge in [0.05, 0.1) is 0 Å². The summed E-state index contributed by atoms with van der Waals surface area (Å²) in [6.45, 7) is 8.14. The molecule has 0 saturated heterocycles. The molecule has 1 aliphatic carbocycles. The molecule has 2 unspecified atom stereocenters. The van der Waals surface area contributed by atoms with E-state index in [4.69, 9.17) is 4.74 Å². The van der Waals surface area contributed by atoms with Crippen LogP contribution in [-0.2, 0) is 9.53 Å². The van der Waals surface area contributed by atoms with E-state index in [9.17, 15) is 4.79 Å². The Hall–Kier alpha value is -0.530. The minimum absolute atomic E-state index is 0.119. The van der Waals surface area contributed by atoms with Crippen molar-refractivity contribution in [2.24, 2.45) is 11.3 Å². The maximum Gasteiger partial charge on any atom is 0.302 e. The third-order valence-electron chi connectivity index (χ3n) is 3.51. The predicted molar refractivity (Wildman–Crippen MR) is 52.4 cm³/mol. The molecule has 0 bridgehead atoms. The first-order valence-corrected chi connectivity index (χ1v) is 5.12. The lowest BCUT2D eigenvalue weighted by molar-refractivity contribution is -0.158. The summed E-state index contributed by atoms with van der Waals surface area (Å²) in [6.07, 6.45) is 3.58. The molecule has 13 heavy (non-hydrogen) atoms. The highest BCUT2D eigenvalue weighted by atomic mass is 16.5. The monoisotopic (exact) mass is 184 g/mol. The third kappa shape index (κ3) is 2.23. The third-order valence-corrected chi connectivity index (χ3v) is 3.51. The lowest BCUT2D eigenvalue weighted by Crippen LogP contribution is -2.41. The molecular weight excluding hydrogens is 164 g/mol. The van der Waals surface area contributed by atoms with Gasteiger partial charge in [-0.15, -0.1) is 0 Å². The van der Waals surface area contributed by atoms with Crippen LogP contribution in [0, 0.1) is 11.3 Å². The summed E-state index contributed by atoms with van der Waals surface area (Å²) in [5.41, 5.74) is 0.143. The highest BCUT2D eigenvalue weighted by Crippen LogP contribution is 2.41. The average Bonchev–Trinajstić information content (AvgIpc) is 1.99. The van der Waals surface area contributed by atoms with Crippen LogP contribution in [0.3, 0.4) is 0 Å². The lowest BCUT2D eigenvalue weighted by Gasteiger charge is -2.42. The van der Waals surface area contributed by atoms with Gasteiger partial charge in [0.1, 0.15) is 6.10 Å². The minimum Gasteiger partial charge on any atom is -0.462 e. The summed E-state index contributed by atoms with van der Waals surface area (Å²) in [7, 11) is 0. The molecule has 0 aromatic heterocycles. The van der Waals surface area contributed by atoms with Crippen molar-refractivity contribution in [1.82, 2.24) is 0 Å². The SMILES string of the molecule is CC(=O)OC1CCCC(C)C1(C)C. The molecule has 76 valence electrons. The van der Waals surface area contributed by atoms with Gasteiger partial charge in [0.15, 0.2) is 0 Å². The predicted octanol–water partition coefficient (Wildman–Crippen LogP) is 2.76. The van der Waals surface area contributed by atoms with Gasteiger partial charge < -0.3 is 4.74 Å². The van der Waals surface area contributed by atoms with Crippen molar-refractivity contribution < 1.29 is 9.53 Å². The first-order valence-electron chi connectivity index (χ1n) is 5.12. The van der Waals surface area contributed by atoms with E-state index in [1.165, 1.54) is 19.8 Å². The summed E-state index contributed by atoms with van der Waals surface area (Å²) in [5.74, 6) is 0.498. The van der Waals surface area contributed by atoms with Crippen molar-refractivity contribution in [3.63, 3.8) is 0 Å². The van der Waals surface area contributed by atoms with E-state index in [-0.39, 0.29) is 17.5 Å². The molecule has 1 saturated carbocycles. The van der Waals surface area contributed by atoms with Gasteiger partial charge in [0.2, 0.25) is 0 Å². The molecule has 1 fully saturated rings. The molecule has 0 spiro atoms. The Morgan fingerprint density at radius 3 is 2.54 bits per heavy atom. The van der Waals surface area contributed by atoms with E-state index in [2.05, 4.69) is 20.8 Å². The number of hydrogen-bond acceptors (Lipinski definition) is 2. The van der Waals surface area contributed by atoms with Crippen LogP contribution in [0.15, 0.2) is 0 Å². The van der Waals surface area contributed by atoms with Gasteiger partial charge in [-0.3, -0.25) is 4.79 Å². The average molecular weight is 184 g/mol. The zero-order chi connectivity index (χ0) is 10.1. The van der Waals surface area contributed by atoms with Gasteiger partial charge in [-0.2, -0.15) is 0 Å². The number of carbonyl (C=O) groups is 1. The summed E-state index contributed by atoms with van der Waals surface area (Å²) in [5, 5.41) is 0. The summed E-state index contributed by atoms with van der Waals surface area (Å²) in [6, 6.07) is 0. The fraction of sp³-hybridized carbons (Fsp3) is 0.909. The normalized spacial score (nSPS) is 32.6. The molecule has 2 atom stereocenters. The van der Waals surface area contributed by atoms with E-state index in [0.717, 1.165) is 6.42 Å². The number of carbonyl (C=O) groups excluding carboxylic acids is 1. The van der Waals surface area contributed by atoms with E-state index in [0.29, 0.717) is 5.92 Å². The highest BCUT2D eigenvalue weighted by molar-refractivity contribution is 5.66. The number of rotatable bonds is 1. The first-order chi connectivity index (χ1) is 5.94. The summed E-state index contributed by atoms with van der Waals surface area (Å²) in [4.78, 5) is 10.9. The lowest BCUT2D eigenvalue weighted by atomic mass is 9.68. The van der Waals surface area contributed by atoms with E-state index < -0.39 is 0 Å². The van der Waals surface area contributed by atoms with Crippen molar-refractivity contribution in [2.75, 3.05) is 0 Å². The molecule has 0 aromatic rings. The number of hydrogen-bond donors (Lipinski definition) is 0.